The molecule has 1 aromatic heterocycles. The lowest BCUT2D eigenvalue weighted by Gasteiger charge is -2.35. The van der Waals surface area contributed by atoms with Crippen molar-refractivity contribution in [2.24, 2.45) is 0 Å². The highest BCUT2D eigenvalue weighted by Gasteiger charge is 2.38. The van der Waals surface area contributed by atoms with Gasteiger partial charge in [-0.25, -0.2) is 0 Å². The molecule has 4 rings (SSSR count). The lowest BCUT2D eigenvalue weighted by molar-refractivity contribution is -1.01. The number of nitrogens with zero attached hydrogens (tertiary/aromatic N) is 3. The second-order valence-corrected chi connectivity index (χ2v) is 8.73. The zero-order valence-electron chi connectivity index (χ0n) is 16.4. The van der Waals surface area contributed by atoms with Gasteiger partial charge in [0.25, 0.3) is 0 Å². The third-order valence-electron chi connectivity index (χ3n) is 5.38. The number of aliphatic hydroxyl groups is 2. The second-order valence-electron chi connectivity index (χ2n) is 7.46. The number of aryl methyl sites for hydroxylation is 1. The van der Waals surface area contributed by atoms with Gasteiger partial charge in [-0.1, -0.05) is 23.5 Å². The number of quaternary nitrogens is 2. The Labute approximate surface area is 168 Å². The smallest absolute Gasteiger partial charge is 0.219 e. The zero-order chi connectivity index (χ0) is 19.8. The molecule has 8 heteroatoms. The first-order chi connectivity index (χ1) is 13.5. The van der Waals surface area contributed by atoms with E-state index in [1.54, 1.807) is 11.3 Å². The van der Waals surface area contributed by atoms with Gasteiger partial charge in [-0.3, -0.25) is 4.90 Å². The normalized spacial score (nSPS) is 21.2. The lowest BCUT2D eigenvalue weighted by Crippen LogP contribution is -3.15. The quantitative estimate of drug-likeness (QED) is 0.426. The Morgan fingerprint density at radius 3 is 2.54 bits per heavy atom. The van der Waals surface area contributed by atoms with Crippen LogP contribution in [0, 0.1) is 6.92 Å². The van der Waals surface area contributed by atoms with Crippen molar-refractivity contribution in [3.05, 3.63) is 51.5 Å². The summed E-state index contributed by atoms with van der Waals surface area (Å²) in [4.78, 5) is 2.83. The molecule has 0 aliphatic carbocycles. The Kier molecular flexibility index (Phi) is 5.31. The van der Waals surface area contributed by atoms with Crippen molar-refractivity contribution in [2.75, 3.05) is 32.1 Å². The standard InChI is InChI=1S/C20H25N5O2S/c1-12-22-23-17(28-12)11-21-9-10-25-19(26)14-6-4-5-13-16(24(2)3)8-7-15(18(13)14)20(25)27/h4-8,19-21,26-27H,9-11H2,1-3H3/p+2. The number of nitrogens with one attached hydrogen (secondary N) is 1. The molecule has 1 aliphatic heterocycles. The Bertz CT molecular complexity index is 974. The largest absolute Gasteiger partial charge is 0.377 e. The number of aromatic nitrogens is 2. The fourth-order valence-electron chi connectivity index (χ4n) is 4.03. The van der Waals surface area contributed by atoms with Crippen molar-refractivity contribution in [2.45, 2.75) is 25.9 Å². The van der Waals surface area contributed by atoms with Crippen LogP contribution in [-0.4, -0.2) is 47.6 Å². The molecule has 28 heavy (non-hydrogen) atoms. The molecule has 148 valence electrons. The monoisotopic (exact) mass is 401 g/mol. The molecule has 3 atom stereocenters. The van der Waals surface area contributed by atoms with Crippen molar-refractivity contribution in [1.29, 1.82) is 0 Å². The third kappa shape index (κ3) is 3.38. The van der Waals surface area contributed by atoms with Gasteiger partial charge in [-0.2, -0.15) is 0 Å². The minimum Gasteiger partial charge on any atom is -0.377 e. The molecule has 3 unspecified atom stereocenters. The molecule has 0 radical (unpaired) electrons. The van der Waals surface area contributed by atoms with Crippen LogP contribution in [-0.2, 0) is 6.54 Å². The minimum atomic E-state index is -0.749. The van der Waals surface area contributed by atoms with Gasteiger partial charge in [0.1, 0.15) is 24.6 Å². The minimum absolute atomic E-state index is 0.644. The van der Waals surface area contributed by atoms with Gasteiger partial charge in [-0.05, 0) is 25.1 Å². The van der Waals surface area contributed by atoms with Crippen LogP contribution < -0.4 is 15.1 Å². The first-order valence-corrected chi connectivity index (χ1v) is 10.3. The molecule has 1 aliphatic rings. The van der Waals surface area contributed by atoms with Gasteiger partial charge < -0.3 is 20.4 Å². The number of benzene rings is 2. The van der Waals surface area contributed by atoms with Crippen LogP contribution in [0.4, 0.5) is 5.69 Å². The molecule has 7 nitrogen and oxygen atoms in total. The van der Waals surface area contributed by atoms with Crippen LogP contribution in [0.2, 0.25) is 0 Å². The molecule has 0 bridgehead atoms. The fourth-order valence-corrected chi connectivity index (χ4v) is 4.74. The maximum Gasteiger partial charge on any atom is 0.219 e. The van der Waals surface area contributed by atoms with E-state index < -0.39 is 12.5 Å². The van der Waals surface area contributed by atoms with Crippen LogP contribution in [0.5, 0.6) is 0 Å². The van der Waals surface area contributed by atoms with E-state index >= 15 is 0 Å². The van der Waals surface area contributed by atoms with Crippen LogP contribution in [0.3, 0.4) is 0 Å². The topological polar surface area (TPSA) is 90.5 Å². The zero-order valence-corrected chi connectivity index (χ0v) is 17.2. The summed E-state index contributed by atoms with van der Waals surface area (Å²) >= 11 is 1.60. The van der Waals surface area contributed by atoms with Crippen molar-refractivity contribution >= 4 is 27.8 Å². The van der Waals surface area contributed by atoms with Crippen LogP contribution in [0.15, 0.2) is 30.3 Å². The predicted molar refractivity (Wildman–Crippen MR) is 109 cm³/mol. The number of anilines is 1. The van der Waals surface area contributed by atoms with E-state index in [1.807, 2.05) is 45.3 Å². The average molecular weight is 402 g/mol. The fraction of sp³-hybridized carbons (Fsp3) is 0.400. The second kappa shape index (κ2) is 7.73. The average Bonchev–Trinajstić information content (AvgIpc) is 3.09. The van der Waals surface area contributed by atoms with Crippen molar-refractivity contribution in [3.63, 3.8) is 0 Å². The molecule has 0 amide bonds. The predicted octanol–water partition coefficient (Wildman–Crippen LogP) is -0.290. The highest BCUT2D eigenvalue weighted by molar-refractivity contribution is 7.11. The molecule has 2 aromatic carbocycles. The molecular weight excluding hydrogens is 374 g/mol. The maximum absolute atomic E-state index is 11.0. The van der Waals surface area contributed by atoms with E-state index in [0.29, 0.717) is 6.54 Å². The highest BCUT2D eigenvalue weighted by Crippen LogP contribution is 2.36. The number of nitrogens with two attached hydrogens (primary N) is 1. The third-order valence-corrected chi connectivity index (χ3v) is 6.24. The van der Waals surface area contributed by atoms with Gasteiger partial charge in [0.2, 0.25) is 12.5 Å². The van der Waals surface area contributed by atoms with Gasteiger partial charge in [0.15, 0.2) is 5.01 Å². The van der Waals surface area contributed by atoms with Crippen molar-refractivity contribution < 1.29 is 20.4 Å². The summed E-state index contributed by atoms with van der Waals surface area (Å²) in [5.74, 6) is 0. The van der Waals surface area contributed by atoms with Crippen LogP contribution in [0.25, 0.3) is 10.8 Å². The van der Waals surface area contributed by atoms with E-state index in [4.69, 9.17) is 0 Å². The highest BCUT2D eigenvalue weighted by atomic mass is 32.1. The van der Waals surface area contributed by atoms with E-state index in [9.17, 15) is 10.2 Å². The van der Waals surface area contributed by atoms with Gasteiger partial charge in [0.05, 0.1) is 0 Å². The molecular formula is C20H27N5O2S+2. The number of hydrogen-bond acceptors (Lipinski definition) is 6. The summed E-state index contributed by atoms with van der Waals surface area (Å²) in [7, 11) is 4.01. The molecule has 0 fully saturated rings. The molecule has 2 heterocycles. The Balaban J connectivity index is 1.54. The molecule has 3 aromatic rings. The van der Waals surface area contributed by atoms with Crippen LogP contribution in [0.1, 0.15) is 33.6 Å². The van der Waals surface area contributed by atoms with Crippen LogP contribution >= 0.6 is 11.3 Å². The Morgan fingerprint density at radius 1 is 1.11 bits per heavy atom. The summed E-state index contributed by atoms with van der Waals surface area (Å²) < 4.78 is 0. The van der Waals surface area contributed by atoms with Gasteiger partial charge >= 0.3 is 0 Å². The SMILES string of the molecule is Cc1nnc(C[NH2+]CC[NH+]2C(O)c3cccc4c(N(C)C)ccc(c34)C2O)s1. The number of rotatable bonds is 6. The van der Waals surface area contributed by atoms with E-state index in [0.717, 1.165) is 55.6 Å². The summed E-state index contributed by atoms with van der Waals surface area (Å²) in [6.07, 6.45) is -1.50. The van der Waals surface area contributed by atoms with E-state index in [1.165, 1.54) is 0 Å². The van der Waals surface area contributed by atoms with E-state index in [-0.39, 0.29) is 0 Å². The molecule has 0 saturated carbocycles. The molecule has 0 spiro atoms. The summed E-state index contributed by atoms with van der Waals surface area (Å²) in [5.41, 5.74) is 2.86. The maximum atomic E-state index is 11.0. The Morgan fingerprint density at radius 2 is 1.86 bits per heavy atom. The van der Waals surface area contributed by atoms with Crippen molar-refractivity contribution in [1.82, 2.24) is 10.2 Å². The van der Waals surface area contributed by atoms with Crippen molar-refractivity contribution in [3.8, 4) is 0 Å². The lowest BCUT2D eigenvalue weighted by atomic mass is 9.91. The first-order valence-electron chi connectivity index (χ1n) is 9.52. The number of aliphatic hydroxyl groups excluding tert-OH is 2. The first kappa shape index (κ1) is 19.2. The summed E-state index contributed by atoms with van der Waals surface area (Å²) in [5, 5.41) is 36.3. The Hall–Kier alpha value is -2.10. The van der Waals surface area contributed by atoms with Gasteiger partial charge in [-0.15, -0.1) is 10.2 Å². The summed E-state index contributed by atoms with van der Waals surface area (Å²) in [6, 6.07) is 10.0. The molecule has 5 N–H and O–H groups in total. The molecule has 0 saturated heterocycles. The van der Waals surface area contributed by atoms with Gasteiger partial charge in [0, 0.05) is 41.7 Å². The van der Waals surface area contributed by atoms with E-state index in [2.05, 4.69) is 26.5 Å². The summed E-state index contributed by atoms with van der Waals surface area (Å²) in [6.45, 7) is 4.14. The number of hydrogen-bond donors (Lipinski definition) is 4.